The van der Waals surface area contributed by atoms with Gasteiger partial charge in [-0.1, -0.05) is 6.07 Å². The summed E-state index contributed by atoms with van der Waals surface area (Å²) in [7, 11) is 1.65. The molecule has 1 saturated heterocycles. The number of anilines is 1. The Morgan fingerprint density at radius 1 is 1.00 bits per heavy atom. The summed E-state index contributed by atoms with van der Waals surface area (Å²) in [6.07, 6.45) is 1.44. The summed E-state index contributed by atoms with van der Waals surface area (Å²) in [5, 5.41) is 0. The van der Waals surface area contributed by atoms with E-state index in [-0.39, 0.29) is 18.0 Å². The maximum Gasteiger partial charge on any atom is 0.254 e. The first-order valence-corrected chi connectivity index (χ1v) is 11.0. The minimum absolute atomic E-state index is 0.0193. The van der Waals surface area contributed by atoms with Crippen LogP contribution in [-0.4, -0.2) is 60.3 Å². The van der Waals surface area contributed by atoms with Crippen LogP contribution < -0.4 is 19.9 Å². The predicted molar refractivity (Wildman–Crippen MR) is 127 cm³/mol. The number of hydrogen-bond donors (Lipinski definition) is 0. The molecule has 0 atom stereocenters. The van der Waals surface area contributed by atoms with Crippen molar-refractivity contribution in [1.29, 1.82) is 0 Å². The van der Waals surface area contributed by atoms with E-state index in [0.717, 1.165) is 35.8 Å². The van der Waals surface area contributed by atoms with E-state index in [1.54, 1.807) is 12.0 Å². The van der Waals surface area contributed by atoms with Crippen molar-refractivity contribution >= 4 is 11.6 Å². The fourth-order valence-electron chi connectivity index (χ4n) is 3.86. The van der Waals surface area contributed by atoms with E-state index in [4.69, 9.17) is 9.47 Å². The molecule has 1 aliphatic rings. The van der Waals surface area contributed by atoms with Gasteiger partial charge < -0.3 is 19.3 Å². The van der Waals surface area contributed by atoms with Gasteiger partial charge in [-0.15, -0.1) is 0 Å². The molecule has 172 valence electrons. The Morgan fingerprint density at radius 2 is 1.76 bits per heavy atom. The van der Waals surface area contributed by atoms with Gasteiger partial charge in [-0.2, -0.15) is 0 Å². The Bertz CT molecular complexity index is 1150. The molecule has 1 fully saturated rings. The first-order valence-electron chi connectivity index (χ1n) is 11.0. The van der Waals surface area contributed by atoms with Crippen LogP contribution in [-0.2, 0) is 11.3 Å². The normalized spacial score (nSPS) is 13.6. The van der Waals surface area contributed by atoms with Gasteiger partial charge in [0.2, 0.25) is 5.91 Å². The molecule has 1 aromatic heterocycles. The number of aromatic nitrogens is 2. The van der Waals surface area contributed by atoms with Gasteiger partial charge in [-0.25, -0.2) is 4.98 Å². The van der Waals surface area contributed by atoms with Gasteiger partial charge in [0.05, 0.1) is 25.7 Å². The van der Waals surface area contributed by atoms with Crippen LogP contribution in [0.2, 0.25) is 0 Å². The molecule has 0 unspecified atom stereocenters. The summed E-state index contributed by atoms with van der Waals surface area (Å²) >= 11 is 0. The molecule has 1 amide bonds. The SMILES string of the molecule is CCOc1ccc(-c2cc(=O)n(CC(=O)N3CCN(c4cccc(OC)c4)CC3)cn2)cc1. The van der Waals surface area contributed by atoms with Gasteiger partial charge in [0, 0.05) is 49.6 Å². The molecule has 8 heteroatoms. The molecule has 3 aromatic rings. The number of benzene rings is 2. The number of carbonyl (C=O) groups is 1. The van der Waals surface area contributed by atoms with Crippen molar-refractivity contribution < 1.29 is 14.3 Å². The lowest BCUT2D eigenvalue weighted by Crippen LogP contribution is -2.50. The zero-order chi connectivity index (χ0) is 23.2. The molecule has 0 bridgehead atoms. The van der Waals surface area contributed by atoms with E-state index in [1.165, 1.54) is 17.0 Å². The van der Waals surface area contributed by atoms with Crippen LogP contribution >= 0.6 is 0 Å². The summed E-state index contributed by atoms with van der Waals surface area (Å²) in [5.74, 6) is 1.50. The van der Waals surface area contributed by atoms with Crippen LogP contribution in [0.4, 0.5) is 5.69 Å². The van der Waals surface area contributed by atoms with Crippen LogP contribution in [0.3, 0.4) is 0 Å². The van der Waals surface area contributed by atoms with Crippen LogP contribution in [0.25, 0.3) is 11.3 Å². The molecular weight excluding hydrogens is 420 g/mol. The van der Waals surface area contributed by atoms with Crippen molar-refractivity contribution in [1.82, 2.24) is 14.5 Å². The fraction of sp³-hybridized carbons (Fsp3) is 0.320. The highest BCUT2D eigenvalue weighted by molar-refractivity contribution is 5.76. The first-order chi connectivity index (χ1) is 16.1. The molecule has 0 spiro atoms. The summed E-state index contributed by atoms with van der Waals surface area (Å²) in [5.41, 5.74) is 2.21. The largest absolute Gasteiger partial charge is 0.497 e. The van der Waals surface area contributed by atoms with Crippen LogP contribution in [0.5, 0.6) is 11.5 Å². The van der Waals surface area contributed by atoms with Gasteiger partial charge in [0.15, 0.2) is 0 Å². The number of ether oxygens (including phenoxy) is 2. The van der Waals surface area contributed by atoms with Crippen molar-refractivity contribution in [2.45, 2.75) is 13.5 Å². The number of rotatable bonds is 7. The lowest BCUT2D eigenvalue weighted by Gasteiger charge is -2.36. The van der Waals surface area contributed by atoms with Gasteiger partial charge in [0.1, 0.15) is 18.0 Å². The second-order valence-corrected chi connectivity index (χ2v) is 7.77. The minimum atomic E-state index is -0.253. The van der Waals surface area contributed by atoms with E-state index in [1.807, 2.05) is 55.5 Å². The van der Waals surface area contributed by atoms with Crippen LogP contribution in [0.15, 0.2) is 65.7 Å². The Balaban J connectivity index is 1.36. The number of carbonyl (C=O) groups excluding carboxylic acids is 1. The average Bonchev–Trinajstić information content (AvgIpc) is 2.86. The smallest absolute Gasteiger partial charge is 0.254 e. The third kappa shape index (κ3) is 5.34. The molecule has 2 heterocycles. The molecule has 0 saturated carbocycles. The van der Waals surface area contributed by atoms with Crippen molar-refractivity contribution in [3.05, 3.63) is 71.3 Å². The quantitative estimate of drug-likeness (QED) is 0.553. The van der Waals surface area contributed by atoms with Gasteiger partial charge in [-0.05, 0) is 43.3 Å². The average molecular weight is 449 g/mol. The molecule has 1 aliphatic heterocycles. The summed E-state index contributed by atoms with van der Waals surface area (Å²) < 4.78 is 12.1. The van der Waals surface area contributed by atoms with E-state index >= 15 is 0 Å². The molecule has 0 N–H and O–H groups in total. The number of hydrogen-bond acceptors (Lipinski definition) is 6. The van der Waals surface area contributed by atoms with Crippen molar-refractivity contribution in [2.24, 2.45) is 0 Å². The summed E-state index contributed by atoms with van der Waals surface area (Å²) in [4.78, 5) is 33.8. The monoisotopic (exact) mass is 448 g/mol. The van der Waals surface area contributed by atoms with Gasteiger partial charge >= 0.3 is 0 Å². The lowest BCUT2D eigenvalue weighted by molar-refractivity contribution is -0.132. The van der Waals surface area contributed by atoms with E-state index < -0.39 is 0 Å². The standard InChI is InChI=1S/C25H28N4O4/c1-3-33-21-9-7-19(8-10-21)23-16-24(30)29(18-26-23)17-25(31)28-13-11-27(12-14-28)20-5-4-6-22(15-20)32-2/h4-10,15-16,18H,3,11-14,17H2,1-2H3. The maximum atomic E-state index is 12.8. The summed E-state index contributed by atoms with van der Waals surface area (Å²) in [6, 6.07) is 16.8. The number of piperazine rings is 1. The van der Waals surface area contributed by atoms with E-state index in [2.05, 4.69) is 9.88 Å². The van der Waals surface area contributed by atoms with E-state index in [0.29, 0.717) is 25.4 Å². The fourth-order valence-corrected chi connectivity index (χ4v) is 3.86. The highest BCUT2D eigenvalue weighted by Crippen LogP contribution is 2.22. The zero-order valence-corrected chi connectivity index (χ0v) is 18.9. The molecule has 0 aliphatic carbocycles. The topological polar surface area (TPSA) is 76.9 Å². The highest BCUT2D eigenvalue weighted by Gasteiger charge is 2.22. The van der Waals surface area contributed by atoms with Crippen LogP contribution in [0.1, 0.15) is 6.92 Å². The molecule has 33 heavy (non-hydrogen) atoms. The maximum absolute atomic E-state index is 12.8. The molecular formula is C25H28N4O4. The Kier molecular flexibility index (Phi) is 6.92. The third-order valence-corrected chi connectivity index (χ3v) is 5.70. The van der Waals surface area contributed by atoms with Gasteiger partial charge in [0.25, 0.3) is 5.56 Å². The number of nitrogens with zero attached hydrogens (tertiary/aromatic N) is 4. The second-order valence-electron chi connectivity index (χ2n) is 7.77. The van der Waals surface area contributed by atoms with E-state index in [9.17, 15) is 9.59 Å². The molecule has 4 rings (SSSR count). The third-order valence-electron chi connectivity index (χ3n) is 5.70. The Hall–Kier alpha value is -3.81. The Labute approximate surface area is 193 Å². The molecule has 2 aromatic carbocycles. The predicted octanol–water partition coefficient (Wildman–Crippen LogP) is 2.67. The number of amides is 1. The van der Waals surface area contributed by atoms with Crippen molar-refractivity contribution in [2.75, 3.05) is 44.8 Å². The van der Waals surface area contributed by atoms with Gasteiger partial charge in [-0.3, -0.25) is 14.2 Å². The second kappa shape index (κ2) is 10.2. The Morgan fingerprint density at radius 3 is 2.42 bits per heavy atom. The molecule has 0 radical (unpaired) electrons. The van der Waals surface area contributed by atoms with Crippen LogP contribution in [0, 0.1) is 0 Å². The zero-order valence-electron chi connectivity index (χ0n) is 18.9. The first kappa shape index (κ1) is 22.4. The minimum Gasteiger partial charge on any atom is -0.497 e. The number of methoxy groups -OCH3 is 1. The highest BCUT2D eigenvalue weighted by atomic mass is 16.5. The van der Waals surface area contributed by atoms with Crippen molar-refractivity contribution in [3.63, 3.8) is 0 Å². The van der Waals surface area contributed by atoms with Crippen molar-refractivity contribution in [3.8, 4) is 22.8 Å². The molecule has 8 nitrogen and oxygen atoms in total. The lowest BCUT2D eigenvalue weighted by atomic mass is 10.1. The summed E-state index contributed by atoms with van der Waals surface area (Å²) in [6.45, 7) is 5.15.